The van der Waals surface area contributed by atoms with Crippen LogP contribution in [0.15, 0.2) is 42.5 Å². The van der Waals surface area contributed by atoms with Crippen molar-refractivity contribution in [3.8, 4) is 0 Å². The second kappa shape index (κ2) is 4.55. The van der Waals surface area contributed by atoms with Crippen molar-refractivity contribution in [1.29, 1.82) is 0 Å². The van der Waals surface area contributed by atoms with E-state index < -0.39 is 5.82 Å². The molecule has 0 aliphatic heterocycles. The van der Waals surface area contributed by atoms with Gasteiger partial charge in [0.2, 0.25) is 0 Å². The summed E-state index contributed by atoms with van der Waals surface area (Å²) in [7, 11) is 0. The Morgan fingerprint density at radius 3 is 2.78 bits per heavy atom. The monoisotopic (exact) mass is 278 g/mol. The molecule has 0 aliphatic carbocycles. The number of nitrogens with one attached hydrogen (secondary N) is 1. The molecule has 1 heterocycles. The third-order valence-corrected chi connectivity index (χ3v) is 3.73. The highest BCUT2D eigenvalue weighted by atomic mass is 35.5. The minimum absolute atomic E-state index is 0.0983. The van der Waals surface area contributed by atoms with Crippen LogP contribution in [0.2, 0.25) is 5.02 Å². The second-order valence-electron chi connectivity index (χ2n) is 3.71. The molecule has 3 rings (SSSR count). The molecule has 2 nitrogen and oxygen atoms in total. The Balaban J connectivity index is 1.99. The average molecular weight is 279 g/mol. The smallest absolute Gasteiger partial charge is 0.188 e. The van der Waals surface area contributed by atoms with Crippen LogP contribution in [0.3, 0.4) is 0 Å². The van der Waals surface area contributed by atoms with Crippen LogP contribution in [-0.2, 0) is 0 Å². The summed E-state index contributed by atoms with van der Waals surface area (Å²) < 4.78 is 14.8. The van der Waals surface area contributed by atoms with Crippen molar-refractivity contribution in [1.82, 2.24) is 4.98 Å². The van der Waals surface area contributed by atoms with E-state index in [1.807, 2.05) is 24.3 Å². The number of benzene rings is 2. The summed E-state index contributed by atoms with van der Waals surface area (Å²) in [6, 6.07) is 12.6. The lowest BCUT2D eigenvalue weighted by Crippen LogP contribution is -1.93. The Morgan fingerprint density at radius 2 is 1.94 bits per heavy atom. The third-order valence-electron chi connectivity index (χ3n) is 2.49. The van der Waals surface area contributed by atoms with Gasteiger partial charge in [-0.25, -0.2) is 9.37 Å². The number of thiazole rings is 1. The van der Waals surface area contributed by atoms with E-state index in [0.717, 1.165) is 10.2 Å². The first-order valence-electron chi connectivity index (χ1n) is 5.30. The molecule has 0 radical (unpaired) electrons. The minimum Gasteiger partial charge on any atom is -0.329 e. The molecule has 2 aromatic carbocycles. The van der Waals surface area contributed by atoms with Gasteiger partial charge in [0.25, 0.3) is 0 Å². The number of fused-ring (bicyclic) bond motifs is 1. The Bertz CT molecular complexity index is 678. The number of rotatable bonds is 2. The quantitative estimate of drug-likeness (QED) is 0.726. The van der Waals surface area contributed by atoms with Crippen LogP contribution in [-0.4, -0.2) is 4.98 Å². The number of anilines is 2. The Hall–Kier alpha value is -1.65. The van der Waals surface area contributed by atoms with Crippen molar-refractivity contribution < 1.29 is 4.39 Å². The van der Waals surface area contributed by atoms with Crippen LogP contribution < -0.4 is 5.32 Å². The molecular formula is C13H8ClFN2S. The molecule has 1 N–H and O–H groups in total. The van der Waals surface area contributed by atoms with E-state index in [2.05, 4.69) is 10.3 Å². The maximum Gasteiger partial charge on any atom is 0.188 e. The molecule has 90 valence electrons. The van der Waals surface area contributed by atoms with E-state index >= 15 is 0 Å². The summed E-state index contributed by atoms with van der Waals surface area (Å²) in [5.41, 5.74) is 1.23. The molecule has 0 atom stereocenters. The van der Waals surface area contributed by atoms with E-state index in [1.165, 1.54) is 17.4 Å². The van der Waals surface area contributed by atoms with E-state index in [0.29, 0.717) is 10.8 Å². The lowest BCUT2D eigenvalue weighted by atomic mass is 10.3. The number of para-hydroxylation sites is 1. The van der Waals surface area contributed by atoms with Crippen molar-refractivity contribution in [2.45, 2.75) is 0 Å². The van der Waals surface area contributed by atoms with Gasteiger partial charge in [0.15, 0.2) is 10.9 Å². The summed E-state index contributed by atoms with van der Waals surface area (Å²) in [6.07, 6.45) is 0. The Kier molecular flexibility index (Phi) is 2.89. The molecule has 18 heavy (non-hydrogen) atoms. The fourth-order valence-corrected chi connectivity index (χ4v) is 2.69. The van der Waals surface area contributed by atoms with Crippen LogP contribution in [0, 0.1) is 5.82 Å². The lowest BCUT2D eigenvalue weighted by molar-refractivity contribution is 0.632. The number of halogens is 2. The molecule has 0 saturated heterocycles. The van der Waals surface area contributed by atoms with Gasteiger partial charge in [-0.1, -0.05) is 41.1 Å². The van der Waals surface area contributed by atoms with Crippen LogP contribution in [0.25, 0.3) is 10.2 Å². The molecule has 0 amide bonds. The highest BCUT2D eigenvalue weighted by Crippen LogP contribution is 2.30. The highest BCUT2D eigenvalue weighted by Gasteiger charge is 2.08. The van der Waals surface area contributed by atoms with Gasteiger partial charge in [0.1, 0.15) is 0 Å². The number of aromatic nitrogens is 1. The van der Waals surface area contributed by atoms with Crippen molar-refractivity contribution >= 4 is 44.0 Å². The number of hydrogen-bond acceptors (Lipinski definition) is 3. The van der Waals surface area contributed by atoms with Crippen LogP contribution in [0.4, 0.5) is 15.2 Å². The zero-order valence-electron chi connectivity index (χ0n) is 9.15. The highest BCUT2D eigenvalue weighted by molar-refractivity contribution is 7.22. The molecule has 0 fully saturated rings. The zero-order valence-corrected chi connectivity index (χ0v) is 10.7. The summed E-state index contributed by atoms with van der Waals surface area (Å²) >= 11 is 7.20. The molecule has 5 heteroatoms. The first-order chi connectivity index (χ1) is 8.74. The molecule has 0 spiro atoms. The molecule has 0 bridgehead atoms. The van der Waals surface area contributed by atoms with E-state index in [1.54, 1.807) is 12.1 Å². The zero-order chi connectivity index (χ0) is 12.5. The molecule has 0 aliphatic rings. The van der Waals surface area contributed by atoms with E-state index in [4.69, 9.17) is 11.6 Å². The molecule has 1 aromatic heterocycles. The predicted octanol–water partition coefficient (Wildman–Crippen LogP) is 4.83. The summed E-state index contributed by atoms with van der Waals surface area (Å²) in [6.45, 7) is 0. The first-order valence-corrected chi connectivity index (χ1v) is 6.50. The average Bonchev–Trinajstić information content (AvgIpc) is 2.77. The van der Waals surface area contributed by atoms with Crippen LogP contribution >= 0.6 is 22.9 Å². The Labute approximate surface area is 112 Å². The fourth-order valence-electron chi connectivity index (χ4n) is 1.64. The van der Waals surface area contributed by atoms with Crippen molar-refractivity contribution in [3.63, 3.8) is 0 Å². The first kappa shape index (κ1) is 11.4. The normalized spacial score (nSPS) is 10.8. The van der Waals surface area contributed by atoms with Gasteiger partial charge in [-0.05, 0) is 24.3 Å². The van der Waals surface area contributed by atoms with Gasteiger partial charge < -0.3 is 5.32 Å². The molecule has 0 saturated carbocycles. The SMILES string of the molecule is Fc1c(Cl)cccc1Nc1nc2ccccc2s1. The lowest BCUT2D eigenvalue weighted by Gasteiger charge is -2.04. The van der Waals surface area contributed by atoms with E-state index in [-0.39, 0.29) is 5.02 Å². The minimum atomic E-state index is -0.460. The topological polar surface area (TPSA) is 24.9 Å². The van der Waals surface area contributed by atoms with Gasteiger partial charge in [0.05, 0.1) is 20.9 Å². The molecule has 3 aromatic rings. The van der Waals surface area contributed by atoms with Crippen LogP contribution in [0.1, 0.15) is 0 Å². The maximum absolute atomic E-state index is 13.7. The maximum atomic E-state index is 13.7. The van der Waals surface area contributed by atoms with Crippen molar-refractivity contribution in [2.24, 2.45) is 0 Å². The largest absolute Gasteiger partial charge is 0.329 e. The van der Waals surface area contributed by atoms with Crippen molar-refractivity contribution in [2.75, 3.05) is 5.32 Å². The fraction of sp³-hybridized carbons (Fsp3) is 0. The summed E-state index contributed by atoms with van der Waals surface area (Å²) in [5, 5.41) is 3.70. The Morgan fingerprint density at radius 1 is 1.11 bits per heavy atom. The van der Waals surface area contributed by atoms with Gasteiger partial charge in [-0.3, -0.25) is 0 Å². The molecular weight excluding hydrogens is 271 g/mol. The van der Waals surface area contributed by atoms with Crippen LogP contribution in [0.5, 0.6) is 0 Å². The number of hydrogen-bond donors (Lipinski definition) is 1. The molecule has 0 unspecified atom stereocenters. The third kappa shape index (κ3) is 2.05. The summed E-state index contributed by atoms with van der Waals surface area (Å²) in [4.78, 5) is 4.38. The van der Waals surface area contributed by atoms with Gasteiger partial charge in [0, 0.05) is 0 Å². The summed E-state index contributed by atoms with van der Waals surface area (Å²) in [5.74, 6) is -0.460. The standard InChI is InChI=1S/C13H8ClFN2S/c14-8-4-3-6-10(12(8)15)17-13-16-9-5-1-2-7-11(9)18-13/h1-7H,(H,16,17). The van der Waals surface area contributed by atoms with Crippen molar-refractivity contribution in [3.05, 3.63) is 53.3 Å². The van der Waals surface area contributed by atoms with E-state index in [9.17, 15) is 4.39 Å². The predicted molar refractivity (Wildman–Crippen MR) is 74.3 cm³/mol. The number of nitrogens with zero attached hydrogens (tertiary/aromatic N) is 1. The second-order valence-corrected chi connectivity index (χ2v) is 5.15. The van der Waals surface area contributed by atoms with Gasteiger partial charge >= 0.3 is 0 Å². The van der Waals surface area contributed by atoms with Gasteiger partial charge in [-0.2, -0.15) is 0 Å². The van der Waals surface area contributed by atoms with Gasteiger partial charge in [-0.15, -0.1) is 0 Å².